The zero-order valence-electron chi connectivity index (χ0n) is 19.8. The summed E-state index contributed by atoms with van der Waals surface area (Å²) in [6, 6.07) is 28.0. The van der Waals surface area contributed by atoms with E-state index in [1.165, 1.54) is 15.0 Å². The van der Waals surface area contributed by atoms with Gasteiger partial charge in [0.05, 0.1) is 41.0 Å². The van der Waals surface area contributed by atoms with E-state index in [9.17, 15) is 14.7 Å². The van der Waals surface area contributed by atoms with Crippen molar-refractivity contribution in [2.75, 3.05) is 26.7 Å². The minimum atomic E-state index is -0.511. The molecular weight excluding hydrogens is 444 g/mol. The van der Waals surface area contributed by atoms with Gasteiger partial charge in [0, 0.05) is 13.6 Å². The van der Waals surface area contributed by atoms with Crippen molar-refractivity contribution in [2.24, 2.45) is 15.9 Å². The lowest BCUT2D eigenvalue weighted by atomic mass is 10.0. The Morgan fingerprint density at radius 1 is 0.657 bits per heavy atom. The van der Waals surface area contributed by atoms with E-state index in [0.717, 1.165) is 16.7 Å². The molecule has 0 bridgehead atoms. The number of hydrogen-bond acceptors (Lipinski definition) is 6. The predicted molar refractivity (Wildman–Crippen MR) is 137 cm³/mol. The second kappa shape index (κ2) is 13.5. The van der Waals surface area contributed by atoms with Crippen LogP contribution in [-0.4, -0.2) is 47.8 Å². The van der Waals surface area contributed by atoms with E-state index in [2.05, 4.69) is 15.9 Å². The van der Waals surface area contributed by atoms with E-state index in [0.29, 0.717) is 19.4 Å². The van der Waals surface area contributed by atoms with Crippen LogP contribution in [0.15, 0.2) is 107 Å². The average molecular weight is 475 g/mol. The molecule has 3 aromatic rings. The third-order valence-electron chi connectivity index (χ3n) is 5.94. The fourth-order valence-corrected chi connectivity index (χ4v) is 4.10. The SMILES string of the molecule is CN(C[C@H](Cc1ccccc1)N(C[C@H](c1ccccc1)N(CCc1ccccc1)N=O)N=O)N=O. The molecule has 3 rings (SSSR count). The summed E-state index contributed by atoms with van der Waals surface area (Å²) in [5, 5.41) is 13.7. The molecule has 0 aliphatic carbocycles. The van der Waals surface area contributed by atoms with Crippen LogP contribution in [-0.2, 0) is 12.8 Å². The van der Waals surface area contributed by atoms with Crippen molar-refractivity contribution < 1.29 is 0 Å². The average Bonchev–Trinajstić information content (AvgIpc) is 2.92. The first-order chi connectivity index (χ1) is 17.1. The smallest absolute Gasteiger partial charge is 0.0945 e. The fourth-order valence-electron chi connectivity index (χ4n) is 4.10. The van der Waals surface area contributed by atoms with Gasteiger partial charge < -0.3 is 0 Å². The van der Waals surface area contributed by atoms with Crippen LogP contribution in [0.25, 0.3) is 0 Å². The van der Waals surface area contributed by atoms with E-state index in [4.69, 9.17) is 0 Å². The van der Waals surface area contributed by atoms with E-state index in [-0.39, 0.29) is 13.1 Å². The van der Waals surface area contributed by atoms with Crippen LogP contribution < -0.4 is 0 Å². The van der Waals surface area contributed by atoms with Crippen LogP contribution >= 0.6 is 0 Å². The largest absolute Gasteiger partial charge is 0.262 e. The Balaban J connectivity index is 1.86. The minimum absolute atomic E-state index is 0.123. The van der Waals surface area contributed by atoms with Crippen LogP contribution in [0.5, 0.6) is 0 Å². The normalized spacial score (nSPS) is 12.3. The third kappa shape index (κ3) is 7.70. The van der Waals surface area contributed by atoms with Gasteiger partial charge in [-0.25, -0.2) is 0 Å². The number of hydrogen-bond donors (Lipinski definition) is 0. The quantitative estimate of drug-likeness (QED) is 0.223. The fraction of sp³-hybridized carbons (Fsp3) is 0.308. The van der Waals surface area contributed by atoms with E-state index in [1.54, 1.807) is 7.05 Å². The zero-order chi connectivity index (χ0) is 24.9. The van der Waals surface area contributed by atoms with Crippen LogP contribution in [0, 0.1) is 14.7 Å². The Kier molecular flexibility index (Phi) is 9.86. The van der Waals surface area contributed by atoms with Crippen molar-refractivity contribution in [3.8, 4) is 0 Å². The molecule has 0 unspecified atom stereocenters. The van der Waals surface area contributed by atoms with Crippen LogP contribution in [0.4, 0.5) is 0 Å². The molecule has 9 heteroatoms. The van der Waals surface area contributed by atoms with Gasteiger partial charge in [-0.3, -0.25) is 15.0 Å². The number of nitrogens with zero attached hydrogens (tertiary/aromatic N) is 6. The maximum atomic E-state index is 12.1. The summed E-state index contributed by atoms with van der Waals surface area (Å²) in [5.41, 5.74) is 2.92. The molecule has 0 fully saturated rings. The molecule has 0 saturated carbocycles. The molecule has 35 heavy (non-hydrogen) atoms. The van der Waals surface area contributed by atoms with Crippen molar-refractivity contribution in [3.63, 3.8) is 0 Å². The molecule has 0 saturated heterocycles. The Hall–Kier alpha value is -4.14. The van der Waals surface area contributed by atoms with Crippen LogP contribution in [0.3, 0.4) is 0 Å². The molecule has 0 radical (unpaired) electrons. The molecule has 3 aromatic carbocycles. The molecular formula is C26H30N6O3. The highest BCUT2D eigenvalue weighted by Gasteiger charge is 2.29. The van der Waals surface area contributed by atoms with Gasteiger partial charge in [-0.05, 0) is 29.5 Å². The molecule has 9 nitrogen and oxygen atoms in total. The minimum Gasteiger partial charge on any atom is -0.262 e. The summed E-state index contributed by atoms with van der Waals surface area (Å²) in [5.74, 6) is 0. The van der Waals surface area contributed by atoms with Gasteiger partial charge in [0.15, 0.2) is 0 Å². The second-order valence-electron chi connectivity index (χ2n) is 8.38. The van der Waals surface area contributed by atoms with Gasteiger partial charge in [0.25, 0.3) is 0 Å². The third-order valence-corrected chi connectivity index (χ3v) is 5.94. The summed E-state index contributed by atoms with van der Waals surface area (Å²) >= 11 is 0. The topological polar surface area (TPSA) is 98.0 Å². The molecule has 0 spiro atoms. The molecule has 0 aliphatic heterocycles. The van der Waals surface area contributed by atoms with Gasteiger partial charge in [-0.1, -0.05) is 91.0 Å². The standard InChI is InChI=1S/C26H30N6O3/c1-30(27-33)20-25(19-23-13-7-3-8-14-23)32(29-35)21-26(24-15-9-4-10-16-24)31(28-34)18-17-22-11-5-2-6-12-22/h2-16,25-26H,17-21H2,1H3/t25-,26+/m0/s1. The number of benzene rings is 3. The highest BCUT2D eigenvalue weighted by molar-refractivity contribution is 5.21. The molecule has 0 heterocycles. The first-order valence-corrected chi connectivity index (χ1v) is 11.5. The van der Waals surface area contributed by atoms with E-state index >= 15 is 0 Å². The van der Waals surface area contributed by atoms with Gasteiger partial charge in [0.1, 0.15) is 0 Å². The first kappa shape index (κ1) is 25.5. The lowest BCUT2D eigenvalue weighted by Crippen LogP contribution is -2.44. The summed E-state index contributed by atoms with van der Waals surface area (Å²) in [6.07, 6.45) is 1.10. The van der Waals surface area contributed by atoms with Gasteiger partial charge in [-0.15, -0.1) is 14.7 Å². The molecule has 0 aromatic heterocycles. The Morgan fingerprint density at radius 2 is 1.20 bits per heavy atom. The summed E-state index contributed by atoms with van der Waals surface area (Å²) < 4.78 is 0. The molecule has 182 valence electrons. The van der Waals surface area contributed by atoms with Gasteiger partial charge >= 0.3 is 0 Å². The second-order valence-corrected chi connectivity index (χ2v) is 8.38. The van der Waals surface area contributed by atoms with Crippen LogP contribution in [0.2, 0.25) is 0 Å². The summed E-state index contributed by atoms with van der Waals surface area (Å²) in [6.45, 7) is 0.696. The van der Waals surface area contributed by atoms with Gasteiger partial charge in [0.2, 0.25) is 0 Å². The summed E-state index contributed by atoms with van der Waals surface area (Å²) in [4.78, 5) is 35.2. The van der Waals surface area contributed by atoms with E-state index < -0.39 is 12.1 Å². The summed E-state index contributed by atoms with van der Waals surface area (Å²) in [7, 11) is 1.56. The maximum absolute atomic E-state index is 12.1. The highest BCUT2D eigenvalue weighted by atomic mass is 16.3. The molecule has 0 N–H and O–H groups in total. The Bertz CT molecular complexity index is 1040. The lowest BCUT2D eigenvalue weighted by molar-refractivity contribution is 0.0948. The van der Waals surface area contributed by atoms with E-state index in [1.807, 2.05) is 91.0 Å². The van der Waals surface area contributed by atoms with Crippen molar-refractivity contribution >= 4 is 0 Å². The van der Waals surface area contributed by atoms with Crippen molar-refractivity contribution in [2.45, 2.75) is 24.9 Å². The molecule has 0 amide bonds. The Labute approximate surface area is 205 Å². The molecule has 2 atom stereocenters. The zero-order valence-corrected chi connectivity index (χ0v) is 19.8. The van der Waals surface area contributed by atoms with Crippen LogP contribution in [0.1, 0.15) is 22.7 Å². The first-order valence-electron chi connectivity index (χ1n) is 11.5. The van der Waals surface area contributed by atoms with Crippen molar-refractivity contribution in [1.29, 1.82) is 0 Å². The number of nitroso groups, excluding NO2 is 3. The van der Waals surface area contributed by atoms with Gasteiger partial charge in [-0.2, -0.15) is 0 Å². The number of likely N-dealkylation sites (N-methyl/N-ethyl adjacent to an activating group) is 1. The molecule has 0 aliphatic rings. The highest BCUT2D eigenvalue weighted by Crippen LogP contribution is 2.25. The predicted octanol–water partition coefficient (Wildman–Crippen LogP) is 5.16. The maximum Gasteiger partial charge on any atom is 0.0945 e. The van der Waals surface area contributed by atoms with Crippen molar-refractivity contribution in [1.82, 2.24) is 15.0 Å². The van der Waals surface area contributed by atoms with Crippen molar-refractivity contribution in [3.05, 3.63) is 122 Å². The lowest BCUT2D eigenvalue weighted by Gasteiger charge is -2.34. The number of rotatable bonds is 15. The monoisotopic (exact) mass is 474 g/mol. The Morgan fingerprint density at radius 3 is 1.74 bits per heavy atom.